The topological polar surface area (TPSA) is 73.8 Å². The fourth-order valence-corrected chi connectivity index (χ4v) is 4.87. The molecule has 0 aromatic carbocycles. The maximum atomic E-state index is 12.4. The van der Waals surface area contributed by atoms with Crippen LogP contribution >= 0.6 is 11.3 Å². The Morgan fingerprint density at radius 1 is 1.33 bits per heavy atom. The van der Waals surface area contributed by atoms with Gasteiger partial charge in [-0.1, -0.05) is 13.8 Å². The van der Waals surface area contributed by atoms with Gasteiger partial charge >= 0.3 is 0 Å². The van der Waals surface area contributed by atoms with Gasteiger partial charge in [-0.05, 0) is 18.6 Å². The minimum absolute atomic E-state index is 0.416. The number of nitrogens with one attached hydrogen (secondary N) is 2. The summed E-state index contributed by atoms with van der Waals surface area (Å²) in [5.41, 5.74) is 0. The van der Waals surface area contributed by atoms with Crippen molar-refractivity contribution in [3.05, 3.63) is 17.0 Å². The molecule has 0 saturated heterocycles. The van der Waals surface area contributed by atoms with Crippen LogP contribution in [0.25, 0.3) is 0 Å². The lowest BCUT2D eigenvalue weighted by molar-refractivity contribution is 0.447. The van der Waals surface area contributed by atoms with Gasteiger partial charge in [-0.2, -0.15) is 4.31 Å². The number of hydrogen-bond acceptors (Lipinski definition) is 4. The first-order chi connectivity index (χ1) is 9.99. The van der Waals surface area contributed by atoms with Crippen molar-refractivity contribution >= 4 is 27.3 Å². The molecule has 0 spiro atoms. The van der Waals surface area contributed by atoms with Crippen LogP contribution in [0.5, 0.6) is 0 Å². The standard InChI is InChI=1S/C13H24N4O2S2/c1-5-17(6-2)21(18,19)12-8-7-11(20-12)9-10-16-13(14-3)15-4/h7-8H,5-6,9-10H2,1-4H3,(H2,14,15,16). The molecule has 0 aliphatic heterocycles. The van der Waals surface area contributed by atoms with E-state index in [1.54, 1.807) is 20.2 Å². The predicted molar refractivity (Wildman–Crippen MR) is 88.6 cm³/mol. The highest BCUT2D eigenvalue weighted by molar-refractivity contribution is 7.91. The lowest BCUT2D eigenvalue weighted by atomic mass is 10.3. The largest absolute Gasteiger partial charge is 0.359 e. The van der Waals surface area contributed by atoms with Crippen molar-refractivity contribution in [3.63, 3.8) is 0 Å². The van der Waals surface area contributed by atoms with Gasteiger partial charge in [0.25, 0.3) is 10.0 Å². The number of rotatable bonds is 7. The third-order valence-corrected chi connectivity index (χ3v) is 6.72. The number of sulfonamides is 1. The smallest absolute Gasteiger partial charge is 0.252 e. The Bertz CT molecular complexity index is 562. The molecule has 1 aromatic rings. The Kier molecular flexibility index (Phi) is 7.13. The molecule has 1 heterocycles. The number of hydrogen-bond donors (Lipinski definition) is 2. The SMILES string of the molecule is CCN(CC)S(=O)(=O)c1ccc(CCNC(=NC)NC)s1. The van der Waals surface area contributed by atoms with Crippen LogP contribution in [0.4, 0.5) is 0 Å². The van der Waals surface area contributed by atoms with Crippen molar-refractivity contribution in [3.8, 4) is 0 Å². The Morgan fingerprint density at radius 3 is 2.52 bits per heavy atom. The summed E-state index contributed by atoms with van der Waals surface area (Å²) in [6, 6.07) is 3.57. The summed E-state index contributed by atoms with van der Waals surface area (Å²) in [6.45, 7) is 5.39. The van der Waals surface area contributed by atoms with Crippen LogP contribution in [0.2, 0.25) is 0 Å². The van der Waals surface area contributed by atoms with E-state index >= 15 is 0 Å². The second-order valence-corrected chi connectivity index (χ2v) is 7.64. The van der Waals surface area contributed by atoms with E-state index in [1.807, 2.05) is 19.9 Å². The minimum atomic E-state index is -3.34. The van der Waals surface area contributed by atoms with E-state index < -0.39 is 10.0 Å². The summed E-state index contributed by atoms with van der Waals surface area (Å²) in [5, 5.41) is 6.08. The highest BCUT2D eigenvalue weighted by Gasteiger charge is 2.23. The quantitative estimate of drug-likeness (QED) is 0.580. The van der Waals surface area contributed by atoms with Crippen LogP contribution in [0.1, 0.15) is 18.7 Å². The molecule has 1 rings (SSSR count). The highest BCUT2D eigenvalue weighted by Crippen LogP contribution is 2.25. The first kappa shape index (κ1) is 17.9. The molecule has 21 heavy (non-hydrogen) atoms. The fourth-order valence-electron chi connectivity index (χ4n) is 1.91. The zero-order chi connectivity index (χ0) is 15.9. The fraction of sp³-hybridized carbons (Fsp3) is 0.615. The molecule has 120 valence electrons. The van der Waals surface area contributed by atoms with E-state index in [-0.39, 0.29) is 0 Å². The van der Waals surface area contributed by atoms with Crippen LogP contribution < -0.4 is 10.6 Å². The molecule has 1 aromatic heterocycles. The number of aliphatic imine (C=N–C) groups is 1. The van der Waals surface area contributed by atoms with Gasteiger partial charge in [0, 0.05) is 38.6 Å². The summed E-state index contributed by atoms with van der Waals surface area (Å²) in [6.07, 6.45) is 0.763. The van der Waals surface area contributed by atoms with E-state index in [9.17, 15) is 8.42 Å². The van der Waals surface area contributed by atoms with Crippen LogP contribution in [-0.4, -0.2) is 52.4 Å². The summed E-state index contributed by atoms with van der Waals surface area (Å²) in [5.74, 6) is 0.725. The van der Waals surface area contributed by atoms with Gasteiger partial charge in [0.05, 0.1) is 0 Å². The molecule has 0 bridgehead atoms. The average Bonchev–Trinajstić information content (AvgIpc) is 2.94. The van der Waals surface area contributed by atoms with Crippen molar-refractivity contribution in [2.75, 3.05) is 33.7 Å². The number of nitrogens with zero attached hydrogens (tertiary/aromatic N) is 2. The average molecular weight is 332 g/mol. The second kappa shape index (κ2) is 8.35. The summed E-state index contributed by atoms with van der Waals surface area (Å²) < 4.78 is 26.6. The zero-order valence-electron chi connectivity index (χ0n) is 13.0. The van der Waals surface area contributed by atoms with E-state index in [0.29, 0.717) is 23.8 Å². The summed E-state index contributed by atoms with van der Waals surface area (Å²) >= 11 is 1.34. The first-order valence-electron chi connectivity index (χ1n) is 6.96. The van der Waals surface area contributed by atoms with Crippen molar-refractivity contribution < 1.29 is 8.42 Å². The van der Waals surface area contributed by atoms with Gasteiger partial charge < -0.3 is 10.6 Å². The summed E-state index contributed by atoms with van der Waals surface area (Å²) in [4.78, 5) is 5.06. The van der Waals surface area contributed by atoms with Crippen molar-refractivity contribution in [1.82, 2.24) is 14.9 Å². The molecule has 0 aliphatic rings. The Labute approximate surface area is 131 Å². The molecule has 0 atom stereocenters. The van der Waals surface area contributed by atoms with Crippen molar-refractivity contribution in [1.29, 1.82) is 0 Å². The maximum Gasteiger partial charge on any atom is 0.252 e. The van der Waals surface area contributed by atoms with Gasteiger partial charge in [-0.3, -0.25) is 4.99 Å². The summed E-state index contributed by atoms with van der Waals surface area (Å²) in [7, 11) is 0.172. The van der Waals surface area contributed by atoms with E-state index in [2.05, 4.69) is 15.6 Å². The molecular formula is C13H24N4O2S2. The van der Waals surface area contributed by atoms with Crippen LogP contribution in [0.3, 0.4) is 0 Å². The normalized spacial score (nSPS) is 12.7. The van der Waals surface area contributed by atoms with Crippen LogP contribution in [0, 0.1) is 0 Å². The predicted octanol–water partition coefficient (Wildman–Crippen LogP) is 1.12. The van der Waals surface area contributed by atoms with Gasteiger partial charge in [-0.25, -0.2) is 8.42 Å². The molecule has 0 aliphatic carbocycles. The highest BCUT2D eigenvalue weighted by atomic mass is 32.2. The van der Waals surface area contributed by atoms with E-state index in [4.69, 9.17) is 0 Å². The molecule has 0 saturated carbocycles. The molecule has 2 N–H and O–H groups in total. The lowest BCUT2D eigenvalue weighted by Gasteiger charge is -2.16. The number of thiophene rings is 1. The van der Waals surface area contributed by atoms with Crippen molar-refractivity contribution in [2.24, 2.45) is 4.99 Å². The maximum absolute atomic E-state index is 12.4. The third kappa shape index (κ3) is 4.69. The molecule has 0 radical (unpaired) electrons. The minimum Gasteiger partial charge on any atom is -0.359 e. The molecule has 8 heteroatoms. The van der Waals surface area contributed by atoms with Crippen LogP contribution in [0.15, 0.2) is 21.3 Å². The monoisotopic (exact) mass is 332 g/mol. The molecule has 0 amide bonds. The second-order valence-electron chi connectivity index (χ2n) is 4.31. The zero-order valence-corrected chi connectivity index (χ0v) is 14.6. The lowest BCUT2D eigenvalue weighted by Crippen LogP contribution is -2.35. The van der Waals surface area contributed by atoms with Gasteiger partial charge in [0.2, 0.25) is 0 Å². The molecule has 0 unspecified atom stereocenters. The van der Waals surface area contributed by atoms with Crippen molar-refractivity contribution in [2.45, 2.75) is 24.5 Å². The first-order valence-corrected chi connectivity index (χ1v) is 9.22. The van der Waals surface area contributed by atoms with E-state index in [1.165, 1.54) is 15.6 Å². The van der Waals surface area contributed by atoms with Gasteiger partial charge in [0.1, 0.15) is 4.21 Å². The Balaban J connectivity index is 2.69. The third-order valence-electron chi connectivity index (χ3n) is 3.06. The Morgan fingerprint density at radius 2 is 2.00 bits per heavy atom. The van der Waals surface area contributed by atoms with Gasteiger partial charge in [-0.15, -0.1) is 11.3 Å². The number of guanidine groups is 1. The molecular weight excluding hydrogens is 308 g/mol. The van der Waals surface area contributed by atoms with Crippen LogP contribution in [-0.2, 0) is 16.4 Å². The Hall–Kier alpha value is -1.12. The van der Waals surface area contributed by atoms with Gasteiger partial charge in [0.15, 0.2) is 5.96 Å². The van der Waals surface area contributed by atoms with E-state index in [0.717, 1.165) is 17.3 Å². The molecule has 0 fully saturated rings. The molecule has 6 nitrogen and oxygen atoms in total.